The van der Waals surface area contributed by atoms with E-state index in [2.05, 4.69) is 25.6 Å². The molecule has 2 heterocycles. The third-order valence-electron chi connectivity index (χ3n) is 4.41. The Kier molecular flexibility index (Phi) is 6.44. The van der Waals surface area contributed by atoms with Gasteiger partial charge in [-0.2, -0.15) is 4.98 Å². The lowest BCUT2D eigenvalue weighted by Gasteiger charge is -2.21. The number of aliphatic hydroxyl groups is 1. The Balaban J connectivity index is 1.99. The van der Waals surface area contributed by atoms with Crippen molar-refractivity contribution < 1.29 is 5.11 Å². The minimum atomic E-state index is -0.150. The maximum atomic E-state index is 9.65. The van der Waals surface area contributed by atoms with Crippen LogP contribution in [0.15, 0.2) is 48.8 Å². The largest absolute Gasteiger partial charge is 0.394 e. The van der Waals surface area contributed by atoms with Crippen LogP contribution in [0.4, 0.5) is 17.5 Å². The molecule has 1 atom stereocenters. The van der Waals surface area contributed by atoms with E-state index < -0.39 is 0 Å². The Bertz CT molecular complexity index is 933. The average Bonchev–Trinajstić information content (AvgIpc) is 2.68. The van der Waals surface area contributed by atoms with Crippen LogP contribution in [-0.2, 0) is 0 Å². The van der Waals surface area contributed by atoms with Crippen molar-refractivity contribution in [2.45, 2.75) is 26.8 Å². The summed E-state index contributed by atoms with van der Waals surface area (Å²) in [5, 5.41) is 16.8. The summed E-state index contributed by atoms with van der Waals surface area (Å²) in [6, 6.07) is 11.3. The first-order chi connectivity index (χ1) is 13.5. The van der Waals surface area contributed by atoms with Crippen LogP contribution in [0.25, 0.3) is 11.3 Å². The van der Waals surface area contributed by atoms with Gasteiger partial charge in [-0.25, -0.2) is 4.98 Å². The zero-order valence-corrected chi connectivity index (χ0v) is 16.9. The van der Waals surface area contributed by atoms with E-state index in [1.54, 1.807) is 12.4 Å². The van der Waals surface area contributed by atoms with E-state index in [0.717, 1.165) is 22.5 Å². The lowest BCUT2D eigenvalue weighted by atomic mass is 10.1. The Morgan fingerprint density at radius 1 is 1.07 bits per heavy atom. The van der Waals surface area contributed by atoms with E-state index in [1.807, 2.05) is 57.2 Å². The first kappa shape index (κ1) is 20.0. The summed E-state index contributed by atoms with van der Waals surface area (Å²) in [5.41, 5.74) is 3.51. The molecule has 3 aromatic rings. The maximum Gasteiger partial charge on any atom is 0.225 e. The number of pyridine rings is 1. The lowest BCUT2D eigenvalue weighted by Crippen LogP contribution is -2.30. The molecule has 0 aliphatic rings. The summed E-state index contributed by atoms with van der Waals surface area (Å²) in [6.45, 7) is 6.05. The molecule has 146 valence electrons. The predicted molar refractivity (Wildman–Crippen MR) is 114 cm³/mol. The number of rotatable bonds is 7. The lowest BCUT2D eigenvalue weighted by molar-refractivity contribution is 0.248. The first-order valence-corrected chi connectivity index (χ1v) is 9.54. The second-order valence-electron chi connectivity index (χ2n) is 6.98. The minimum absolute atomic E-state index is 0.00688. The van der Waals surface area contributed by atoms with E-state index in [-0.39, 0.29) is 18.6 Å². The van der Waals surface area contributed by atoms with Gasteiger partial charge < -0.3 is 15.7 Å². The second kappa shape index (κ2) is 8.99. The molecule has 0 unspecified atom stereocenters. The van der Waals surface area contributed by atoms with Gasteiger partial charge in [-0.3, -0.25) is 4.98 Å². The third kappa shape index (κ3) is 4.97. The quantitative estimate of drug-likeness (QED) is 0.537. The molecule has 2 aromatic heterocycles. The van der Waals surface area contributed by atoms with Gasteiger partial charge in [0.05, 0.1) is 29.1 Å². The number of aliphatic hydroxyl groups excluding tert-OH is 1. The number of nitrogens with zero attached hydrogens (tertiary/aromatic N) is 3. The van der Waals surface area contributed by atoms with Gasteiger partial charge in [0.15, 0.2) is 0 Å². The van der Waals surface area contributed by atoms with E-state index >= 15 is 0 Å². The SMILES string of the molecule is Cc1ccc(Nc2cc(-c3ccncc3)nc(N[C@@H](CO)C(C)C)n2)c(Cl)c1. The van der Waals surface area contributed by atoms with Crippen molar-refractivity contribution in [2.24, 2.45) is 5.92 Å². The standard InChI is InChI=1S/C21H24ClN5O/c1-13(2)19(12-28)26-21-25-18(15-6-8-23-9-7-15)11-20(27-21)24-17-5-4-14(3)10-16(17)22/h4-11,13,19,28H,12H2,1-3H3,(H2,24,25,26,27)/t19-/m0/s1. The highest BCUT2D eigenvalue weighted by Gasteiger charge is 2.15. The minimum Gasteiger partial charge on any atom is -0.394 e. The molecule has 0 saturated heterocycles. The van der Waals surface area contributed by atoms with Crippen LogP contribution in [0.1, 0.15) is 19.4 Å². The average molecular weight is 398 g/mol. The fraction of sp³-hybridized carbons (Fsp3) is 0.286. The molecule has 1 aromatic carbocycles. The Morgan fingerprint density at radius 2 is 1.82 bits per heavy atom. The third-order valence-corrected chi connectivity index (χ3v) is 4.72. The topological polar surface area (TPSA) is 83.0 Å². The van der Waals surface area contributed by atoms with Crippen LogP contribution >= 0.6 is 11.6 Å². The van der Waals surface area contributed by atoms with Crippen LogP contribution in [0.3, 0.4) is 0 Å². The summed E-state index contributed by atoms with van der Waals surface area (Å²) < 4.78 is 0. The van der Waals surface area contributed by atoms with Gasteiger partial charge >= 0.3 is 0 Å². The fourth-order valence-electron chi connectivity index (χ4n) is 2.69. The van der Waals surface area contributed by atoms with Crippen molar-refractivity contribution in [3.05, 3.63) is 59.4 Å². The number of aromatic nitrogens is 3. The molecule has 0 spiro atoms. The number of nitrogens with one attached hydrogen (secondary N) is 2. The van der Waals surface area contributed by atoms with Gasteiger partial charge in [0, 0.05) is 24.0 Å². The summed E-state index contributed by atoms with van der Waals surface area (Å²) in [7, 11) is 0. The van der Waals surface area contributed by atoms with Crippen LogP contribution < -0.4 is 10.6 Å². The van der Waals surface area contributed by atoms with E-state index in [1.165, 1.54) is 0 Å². The molecule has 3 N–H and O–H groups in total. The highest BCUT2D eigenvalue weighted by molar-refractivity contribution is 6.33. The molecular formula is C21H24ClN5O. The Labute approximate surface area is 170 Å². The maximum absolute atomic E-state index is 9.65. The fourth-order valence-corrected chi connectivity index (χ4v) is 2.98. The Morgan fingerprint density at radius 3 is 2.46 bits per heavy atom. The van der Waals surface area contributed by atoms with Crippen molar-refractivity contribution in [3.8, 4) is 11.3 Å². The van der Waals surface area contributed by atoms with Crippen LogP contribution in [0.5, 0.6) is 0 Å². The van der Waals surface area contributed by atoms with Crippen molar-refractivity contribution >= 4 is 29.1 Å². The molecule has 0 bridgehead atoms. The molecule has 0 saturated carbocycles. The van der Waals surface area contributed by atoms with Crippen LogP contribution in [0.2, 0.25) is 5.02 Å². The molecule has 0 fully saturated rings. The molecule has 0 aliphatic heterocycles. The van der Waals surface area contributed by atoms with Crippen LogP contribution in [0, 0.1) is 12.8 Å². The van der Waals surface area contributed by atoms with Crippen molar-refractivity contribution in [3.63, 3.8) is 0 Å². The molecule has 28 heavy (non-hydrogen) atoms. The highest BCUT2D eigenvalue weighted by Crippen LogP contribution is 2.28. The van der Waals surface area contributed by atoms with Crippen molar-refractivity contribution in [2.75, 3.05) is 17.2 Å². The number of halogens is 1. The smallest absolute Gasteiger partial charge is 0.225 e. The number of anilines is 3. The van der Waals surface area contributed by atoms with Gasteiger partial charge in [-0.05, 0) is 42.7 Å². The first-order valence-electron chi connectivity index (χ1n) is 9.16. The summed E-state index contributed by atoms with van der Waals surface area (Å²) >= 11 is 6.36. The summed E-state index contributed by atoms with van der Waals surface area (Å²) in [5.74, 6) is 1.27. The second-order valence-corrected chi connectivity index (χ2v) is 7.39. The van der Waals surface area contributed by atoms with E-state index in [0.29, 0.717) is 16.8 Å². The number of hydrogen-bond acceptors (Lipinski definition) is 6. The van der Waals surface area contributed by atoms with Crippen molar-refractivity contribution in [1.82, 2.24) is 15.0 Å². The normalized spacial score (nSPS) is 12.1. The molecule has 0 aliphatic carbocycles. The summed E-state index contributed by atoms with van der Waals surface area (Å²) in [4.78, 5) is 13.3. The van der Waals surface area contributed by atoms with E-state index in [4.69, 9.17) is 11.6 Å². The van der Waals surface area contributed by atoms with Gasteiger partial charge in [0.1, 0.15) is 5.82 Å². The van der Waals surface area contributed by atoms with Crippen LogP contribution in [-0.4, -0.2) is 32.7 Å². The monoisotopic (exact) mass is 397 g/mol. The molecule has 0 radical (unpaired) electrons. The predicted octanol–water partition coefficient (Wildman–Crippen LogP) is 4.67. The highest BCUT2D eigenvalue weighted by atomic mass is 35.5. The Hall–Kier alpha value is -2.70. The molecule has 3 rings (SSSR count). The number of benzene rings is 1. The van der Waals surface area contributed by atoms with Gasteiger partial charge in [-0.1, -0.05) is 31.5 Å². The zero-order valence-electron chi connectivity index (χ0n) is 16.1. The molecular weight excluding hydrogens is 374 g/mol. The molecule has 0 amide bonds. The van der Waals surface area contributed by atoms with E-state index in [9.17, 15) is 5.11 Å². The molecule has 6 nitrogen and oxygen atoms in total. The number of hydrogen-bond donors (Lipinski definition) is 3. The van der Waals surface area contributed by atoms with Crippen molar-refractivity contribution in [1.29, 1.82) is 0 Å². The van der Waals surface area contributed by atoms with Gasteiger partial charge in [-0.15, -0.1) is 0 Å². The summed E-state index contributed by atoms with van der Waals surface area (Å²) in [6.07, 6.45) is 3.44. The molecule has 7 heteroatoms. The van der Waals surface area contributed by atoms with Gasteiger partial charge in [0.25, 0.3) is 0 Å². The van der Waals surface area contributed by atoms with Gasteiger partial charge in [0.2, 0.25) is 5.95 Å². The zero-order chi connectivity index (χ0) is 20.1. The number of aryl methyl sites for hydroxylation is 1.